The number of nitrogens with zero attached hydrogens (tertiary/aromatic N) is 6. The van der Waals surface area contributed by atoms with Crippen LogP contribution in [0.4, 0.5) is 0 Å². The van der Waals surface area contributed by atoms with Crippen molar-refractivity contribution in [2.45, 2.75) is 26.4 Å². The molecule has 0 atom stereocenters. The minimum atomic E-state index is 0.758. The lowest BCUT2D eigenvalue weighted by Crippen LogP contribution is -2.31. The number of imidazole rings is 1. The molecule has 0 saturated carbocycles. The number of benzene rings is 1. The van der Waals surface area contributed by atoms with Gasteiger partial charge in [-0.05, 0) is 38.6 Å². The second-order valence-electron chi connectivity index (χ2n) is 7.46. The standard InChI is InChI=1S/C20H27ClN6/c1-15-16(20(21)25(3)23-15)13-26-9-6-10-27(12-11-26)14-19-22-17-7-4-5-8-18(17)24(19)2/h4-5,7-8H,6,9-14H2,1-3H3. The van der Waals surface area contributed by atoms with Gasteiger partial charge < -0.3 is 4.57 Å². The van der Waals surface area contributed by atoms with Crippen LogP contribution in [0.3, 0.4) is 0 Å². The molecule has 0 unspecified atom stereocenters. The SMILES string of the molecule is Cc1nn(C)c(Cl)c1CN1CCCN(Cc2nc3ccccc3n2C)CC1. The second kappa shape index (κ2) is 7.62. The van der Waals surface area contributed by atoms with E-state index in [9.17, 15) is 0 Å². The fraction of sp³-hybridized carbons (Fsp3) is 0.500. The molecule has 0 N–H and O–H groups in total. The van der Waals surface area contributed by atoms with Crippen LogP contribution >= 0.6 is 11.6 Å². The summed E-state index contributed by atoms with van der Waals surface area (Å²) in [6, 6.07) is 8.34. The van der Waals surface area contributed by atoms with E-state index in [-0.39, 0.29) is 0 Å². The first-order valence-electron chi connectivity index (χ1n) is 9.56. The predicted molar refractivity (Wildman–Crippen MR) is 109 cm³/mol. The summed E-state index contributed by atoms with van der Waals surface area (Å²) >= 11 is 6.42. The Kier molecular flexibility index (Phi) is 5.21. The highest BCUT2D eigenvalue weighted by atomic mass is 35.5. The number of aryl methyl sites for hydroxylation is 3. The molecule has 6 nitrogen and oxygen atoms in total. The number of hydrogen-bond acceptors (Lipinski definition) is 4. The maximum absolute atomic E-state index is 6.42. The molecule has 0 spiro atoms. The average molecular weight is 387 g/mol. The first-order valence-corrected chi connectivity index (χ1v) is 9.93. The van der Waals surface area contributed by atoms with Gasteiger partial charge in [0.2, 0.25) is 0 Å². The highest BCUT2D eigenvalue weighted by Gasteiger charge is 2.20. The largest absolute Gasteiger partial charge is 0.330 e. The molecule has 1 aromatic carbocycles. The van der Waals surface area contributed by atoms with Crippen molar-refractivity contribution >= 4 is 22.6 Å². The van der Waals surface area contributed by atoms with Gasteiger partial charge in [0.05, 0.1) is 23.3 Å². The molecule has 0 radical (unpaired) electrons. The van der Waals surface area contributed by atoms with Crippen molar-refractivity contribution < 1.29 is 0 Å². The lowest BCUT2D eigenvalue weighted by molar-refractivity contribution is 0.242. The van der Waals surface area contributed by atoms with Gasteiger partial charge in [-0.2, -0.15) is 5.10 Å². The molecule has 1 saturated heterocycles. The highest BCUT2D eigenvalue weighted by molar-refractivity contribution is 6.30. The third-order valence-corrected chi connectivity index (χ3v) is 6.05. The van der Waals surface area contributed by atoms with Gasteiger partial charge in [0, 0.05) is 39.3 Å². The monoisotopic (exact) mass is 386 g/mol. The molecule has 1 aliphatic heterocycles. The Labute approximate surface area is 165 Å². The lowest BCUT2D eigenvalue weighted by Gasteiger charge is -2.21. The lowest BCUT2D eigenvalue weighted by atomic mass is 10.2. The zero-order chi connectivity index (χ0) is 19.0. The number of hydrogen-bond donors (Lipinski definition) is 0. The van der Waals surface area contributed by atoms with Gasteiger partial charge in [-0.15, -0.1) is 0 Å². The van der Waals surface area contributed by atoms with Gasteiger partial charge in [0.15, 0.2) is 0 Å². The minimum Gasteiger partial charge on any atom is -0.330 e. The van der Waals surface area contributed by atoms with E-state index in [0.717, 1.165) is 73.4 Å². The zero-order valence-corrected chi connectivity index (χ0v) is 17.1. The smallest absolute Gasteiger partial charge is 0.131 e. The molecule has 0 aliphatic carbocycles. The number of rotatable bonds is 4. The molecule has 7 heteroatoms. The summed E-state index contributed by atoms with van der Waals surface area (Å²) in [5.41, 5.74) is 4.46. The van der Waals surface area contributed by atoms with E-state index >= 15 is 0 Å². The fourth-order valence-corrected chi connectivity index (χ4v) is 4.19. The highest BCUT2D eigenvalue weighted by Crippen LogP contribution is 2.22. The van der Waals surface area contributed by atoms with Gasteiger partial charge in [-0.3, -0.25) is 14.5 Å². The van der Waals surface area contributed by atoms with Crippen LogP contribution in [-0.2, 0) is 27.2 Å². The van der Waals surface area contributed by atoms with Gasteiger partial charge >= 0.3 is 0 Å². The van der Waals surface area contributed by atoms with Gasteiger partial charge in [0.25, 0.3) is 0 Å². The predicted octanol–water partition coefficient (Wildman–Crippen LogP) is 2.98. The van der Waals surface area contributed by atoms with E-state index in [1.54, 1.807) is 4.68 Å². The van der Waals surface area contributed by atoms with Crippen molar-refractivity contribution in [1.82, 2.24) is 29.1 Å². The van der Waals surface area contributed by atoms with Crippen molar-refractivity contribution in [2.75, 3.05) is 26.2 Å². The summed E-state index contributed by atoms with van der Waals surface area (Å²) in [6.45, 7) is 8.07. The molecular weight excluding hydrogens is 360 g/mol. The van der Waals surface area contributed by atoms with E-state index in [1.807, 2.05) is 14.0 Å². The number of aromatic nitrogens is 4. The third kappa shape index (κ3) is 3.74. The summed E-state index contributed by atoms with van der Waals surface area (Å²) < 4.78 is 3.98. The molecule has 0 bridgehead atoms. The van der Waals surface area contributed by atoms with Gasteiger partial charge in [-0.1, -0.05) is 23.7 Å². The normalized spacial score (nSPS) is 16.9. The first kappa shape index (κ1) is 18.5. The Bertz CT molecular complexity index is 943. The van der Waals surface area contributed by atoms with Crippen LogP contribution in [0.15, 0.2) is 24.3 Å². The van der Waals surface area contributed by atoms with Crippen molar-refractivity contribution in [2.24, 2.45) is 14.1 Å². The van der Waals surface area contributed by atoms with Crippen molar-refractivity contribution in [1.29, 1.82) is 0 Å². The molecule has 0 amide bonds. The van der Waals surface area contributed by atoms with Crippen LogP contribution in [0.1, 0.15) is 23.5 Å². The Morgan fingerprint density at radius 2 is 1.70 bits per heavy atom. The van der Waals surface area contributed by atoms with Crippen LogP contribution in [0.5, 0.6) is 0 Å². The Balaban J connectivity index is 1.41. The molecular formula is C20H27ClN6. The Morgan fingerprint density at radius 3 is 2.37 bits per heavy atom. The summed E-state index contributed by atoms with van der Waals surface area (Å²) in [6.07, 6.45) is 1.15. The summed E-state index contributed by atoms with van der Waals surface area (Å²) in [5.74, 6) is 1.13. The second-order valence-corrected chi connectivity index (χ2v) is 7.82. The van der Waals surface area contributed by atoms with E-state index in [1.165, 1.54) is 5.52 Å². The quantitative estimate of drug-likeness (QED) is 0.691. The van der Waals surface area contributed by atoms with Crippen LogP contribution in [0, 0.1) is 6.92 Å². The van der Waals surface area contributed by atoms with Crippen molar-refractivity contribution in [3.05, 3.63) is 46.5 Å². The van der Waals surface area contributed by atoms with Gasteiger partial charge in [-0.25, -0.2) is 4.98 Å². The maximum Gasteiger partial charge on any atom is 0.131 e. The molecule has 3 heterocycles. The van der Waals surface area contributed by atoms with E-state index in [2.05, 4.69) is 50.8 Å². The summed E-state index contributed by atoms with van der Waals surface area (Å²) in [7, 11) is 4.02. The van der Waals surface area contributed by atoms with E-state index in [0.29, 0.717) is 0 Å². The molecule has 1 fully saturated rings. The van der Waals surface area contributed by atoms with Crippen molar-refractivity contribution in [3.8, 4) is 0 Å². The molecule has 4 rings (SSSR count). The van der Waals surface area contributed by atoms with Crippen molar-refractivity contribution in [3.63, 3.8) is 0 Å². The number of fused-ring (bicyclic) bond motifs is 1. The number of para-hydroxylation sites is 2. The zero-order valence-electron chi connectivity index (χ0n) is 16.3. The van der Waals surface area contributed by atoms with E-state index in [4.69, 9.17) is 16.6 Å². The van der Waals surface area contributed by atoms with Crippen LogP contribution in [-0.4, -0.2) is 55.3 Å². The van der Waals surface area contributed by atoms with Crippen LogP contribution in [0.2, 0.25) is 5.15 Å². The molecule has 27 heavy (non-hydrogen) atoms. The number of halogens is 1. The molecule has 2 aromatic heterocycles. The average Bonchev–Trinajstić information content (AvgIpc) is 2.97. The Hall–Kier alpha value is -1.89. The summed E-state index contributed by atoms with van der Waals surface area (Å²) in [4.78, 5) is 9.83. The fourth-order valence-electron chi connectivity index (χ4n) is 3.95. The topological polar surface area (TPSA) is 42.1 Å². The first-order chi connectivity index (χ1) is 13.0. The third-order valence-electron chi connectivity index (χ3n) is 5.58. The van der Waals surface area contributed by atoms with Crippen LogP contribution in [0.25, 0.3) is 11.0 Å². The van der Waals surface area contributed by atoms with Crippen LogP contribution < -0.4 is 0 Å². The maximum atomic E-state index is 6.42. The van der Waals surface area contributed by atoms with Gasteiger partial charge in [0.1, 0.15) is 11.0 Å². The Morgan fingerprint density at radius 1 is 1.00 bits per heavy atom. The molecule has 3 aromatic rings. The molecule has 144 valence electrons. The minimum absolute atomic E-state index is 0.758. The molecule has 1 aliphatic rings. The van der Waals surface area contributed by atoms with E-state index < -0.39 is 0 Å². The summed E-state index contributed by atoms with van der Waals surface area (Å²) in [5, 5.41) is 5.20.